The summed E-state index contributed by atoms with van der Waals surface area (Å²) in [6.45, 7) is 3.10. The highest BCUT2D eigenvalue weighted by molar-refractivity contribution is 7.13. The third kappa shape index (κ3) is 2.94. The summed E-state index contributed by atoms with van der Waals surface area (Å²) in [7, 11) is 0. The molecule has 2 heterocycles. The lowest BCUT2D eigenvalue weighted by molar-refractivity contribution is 1.19. The number of anilines is 1. The van der Waals surface area contributed by atoms with E-state index in [1.165, 1.54) is 25.9 Å². The van der Waals surface area contributed by atoms with Gasteiger partial charge in [-0.3, -0.25) is 0 Å². The minimum absolute atomic E-state index is 0.896. The Kier molecular flexibility index (Phi) is 4.19. The van der Waals surface area contributed by atoms with Crippen LogP contribution in [0.2, 0.25) is 0 Å². The zero-order valence-corrected chi connectivity index (χ0v) is 13.1. The van der Waals surface area contributed by atoms with Crippen molar-refractivity contribution in [1.29, 1.82) is 0 Å². The van der Waals surface area contributed by atoms with Crippen molar-refractivity contribution in [3.05, 3.63) is 63.7 Å². The van der Waals surface area contributed by atoms with Crippen LogP contribution in [-0.2, 0) is 13.0 Å². The Morgan fingerprint density at radius 2 is 1.80 bits per heavy atom. The molecule has 0 aliphatic heterocycles. The predicted molar refractivity (Wildman–Crippen MR) is 90.8 cm³/mol. The van der Waals surface area contributed by atoms with E-state index in [4.69, 9.17) is 0 Å². The summed E-state index contributed by atoms with van der Waals surface area (Å²) in [6, 6.07) is 17.3. The molecule has 3 heteroatoms. The number of thiophene rings is 2. The molecule has 2 aromatic heterocycles. The Hall–Kier alpha value is -1.58. The lowest BCUT2D eigenvalue weighted by atomic mass is 10.1. The number of rotatable bonds is 5. The number of para-hydroxylation sites is 1. The minimum Gasteiger partial charge on any atom is -0.380 e. The average Bonchev–Trinajstić information content (AvgIpc) is 3.17. The van der Waals surface area contributed by atoms with Gasteiger partial charge in [0.05, 0.1) is 0 Å². The van der Waals surface area contributed by atoms with Crippen LogP contribution in [0.1, 0.15) is 16.7 Å². The summed E-state index contributed by atoms with van der Waals surface area (Å²) in [5.74, 6) is 0. The lowest BCUT2D eigenvalue weighted by Crippen LogP contribution is -1.98. The molecule has 0 aliphatic rings. The Morgan fingerprint density at radius 1 is 0.950 bits per heavy atom. The van der Waals surface area contributed by atoms with Crippen LogP contribution >= 0.6 is 22.7 Å². The van der Waals surface area contributed by atoms with E-state index in [-0.39, 0.29) is 0 Å². The number of hydrogen-bond donors (Lipinski definition) is 1. The first-order chi connectivity index (χ1) is 9.86. The molecular weight excluding hydrogens is 282 g/mol. The fourth-order valence-corrected chi connectivity index (χ4v) is 3.84. The highest BCUT2D eigenvalue weighted by atomic mass is 32.1. The van der Waals surface area contributed by atoms with Crippen molar-refractivity contribution in [2.75, 3.05) is 5.32 Å². The molecule has 3 rings (SSSR count). The molecule has 0 unspecified atom stereocenters. The normalized spacial score (nSPS) is 10.7. The first-order valence-corrected chi connectivity index (χ1v) is 8.51. The van der Waals surface area contributed by atoms with E-state index >= 15 is 0 Å². The van der Waals surface area contributed by atoms with Crippen LogP contribution in [0.4, 0.5) is 5.69 Å². The summed E-state index contributed by atoms with van der Waals surface area (Å²) in [5.41, 5.74) is 2.50. The summed E-state index contributed by atoms with van der Waals surface area (Å²) >= 11 is 3.68. The number of benzene rings is 1. The molecule has 0 atom stereocenters. The van der Waals surface area contributed by atoms with Gasteiger partial charge in [0.2, 0.25) is 0 Å². The van der Waals surface area contributed by atoms with Gasteiger partial charge in [-0.2, -0.15) is 0 Å². The summed E-state index contributed by atoms with van der Waals surface area (Å²) in [5, 5.41) is 5.70. The second-order valence-corrected chi connectivity index (χ2v) is 6.80. The first kappa shape index (κ1) is 13.4. The smallest absolute Gasteiger partial charge is 0.0494 e. The van der Waals surface area contributed by atoms with E-state index < -0.39 is 0 Å². The van der Waals surface area contributed by atoms with E-state index in [2.05, 4.69) is 66.2 Å². The van der Waals surface area contributed by atoms with Crippen LogP contribution in [0, 0.1) is 0 Å². The maximum absolute atomic E-state index is 3.57. The van der Waals surface area contributed by atoms with Gasteiger partial charge in [-0.1, -0.05) is 31.2 Å². The topological polar surface area (TPSA) is 12.0 Å². The highest BCUT2D eigenvalue weighted by Crippen LogP contribution is 2.31. The Bertz CT molecular complexity index is 668. The van der Waals surface area contributed by atoms with E-state index in [0.717, 1.165) is 13.0 Å². The van der Waals surface area contributed by atoms with Crippen LogP contribution in [0.15, 0.2) is 53.9 Å². The molecule has 20 heavy (non-hydrogen) atoms. The van der Waals surface area contributed by atoms with Crippen molar-refractivity contribution in [2.45, 2.75) is 19.9 Å². The first-order valence-electron chi connectivity index (χ1n) is 6.81. The monoisotopic (exact) mass is 299 g/mol. The van der Waals surface area contributed by atoms with Gasteiger partial charge in [0, 0.05) is 32.4 Å². The maximum atomic E-state index is 3.57. The van der Waals surface area contributed by atoms with Gasteiger partial charge in [-0.25, -0.2) is 0 Å². The largest absolute Gasteiger partial charge is 0.380 e. The second kappa shape index (κ2) is 6.25. The zero-order chi connectivity index (χ0) is 13.8. The van der Waals surface area contributed by atoms with Crippen LogP contribution in [0.25, 0.3) is 10.4 Å². The third-order valence-corrected chi connectivity index (χ3v) is 5.37. The summed E-state index contributed by atoms with van der Waals surface area (Å²) in [4.78, 5) is 4.16. The molecule has 1 N–H and O–H groups in total. The Labute approximate surface area is 127 Å². The molecule has 0 saturated heterocycles. The van der Waals surface area contributed by atoms with Crippen LogP contribution in [0.5, 0.6) is 0 Å². The van der Waals surface area contributed by atoms with Crippen molar-refractivity contribution >= 4 is 28.4 Å². The van der Waals surface area contributed by atoms with Crippen LogP contribution < -0.4 is 5.32 Å². The highest BCUT2D eigenvalue weighted by Gasteiger charge is 2.05. The quantitative estimate of drug-likeness (QED) is 0.642. The molecule has 0 fully saturated rings. The lowest BCUT2D eigenvalue weighted by Gasteiger charge is -2.10. The standard InChI is InChI=1S/C17H17NS2/c1-2-13-9-10-14(20-13)12-18-16-7-4-3-6-15(16)17-8-5-11-19-17/h3-11,18H,2,12H2,1H3. The maximum Gasteiger partial charge on any atom is 0.0494 e. The van der Waals surface area contributed by atoms with Gasteiger partial charge in [-0.15, -0.1) is 22.7 Å². The molecule has 0 amide bonds. The van der Waals surface area contributed by atoms with Crippen molar-refractivity contribution in [3.8, 4) is 10.4 Å². The van der Waals surface area contributed by atoms with Crippen LogP contribution in [0.3, 0.4) is 0 Å². The van der Waals surface area contributed by atoms with Gasteiger partial charge in [0.1, 0.15) is 0 Å². The number of aryl methyl sites for hydroxylation is 1. The number of nitrogens with one attached hydrogen (secondary N) is 1. The van der Waals surface area contributed by atoms with E-state index in [1.54, 1.807) is 11.3 Å². The average molecular weight is 299 g/mol. The van der Waals surface area contributed by atoms with E-state index in [0.29, 0.717) is 0 Å². The fraction of sp³-hybridized carbons (Fsp3) is 0.176. The molecular formula is C17H17NS2. The van der Waals surface area contributed by atoms with Crippen molar-refractivity contribution in [2.24, 2.45) is 0 Å². The van der Waals surface area contributed by atoms with Gasteiger partial charge in [0.25, 0.3) is 0 Å². The predicted octanol–water partition coefficient (Wildman–Crippen LogP) is 5.65. The Morgan fingerprint density at radius 3 is 2.55 bits per heavy atom. The molecule has 0 bridgehead atoms. The van der Waals surface area contributed by atoms with Gasteiger partial charge in [-0.05, 0) is 36.1 Å². The summed E-state index contributed by atoms with van der Waals surface area (Å²) in [6.07, 6.45) is 1.12. The summed E-state index contributed by atoms with van der Waals surface area (Å²) < 4.78 is 0. The molecule has 0 spiro atoms. The van der Waals surface area contributed by atoms with Gasteiger partial charge in [0.15, 0.2) is 0 Å². The molecule has 3 aromatic rings. The molecule has 1 aromatic carbocycles. The molecule has 0 aliphatic carbocycles. The molecule has 0 radical (unpaired) electrons. The Balaban J connectivity index is 1.77. The van der Waals surface area contributed by atoms with E-state index in [1.807, 2.05) is 11.3 Å². The third-order valence-electron chi connectivity index (χ3n) is 3.23. The van der Waals surface area contributed by atoms with Gasteiger partial charge < -0.3 is 5.32 Å². The van der Waals surface area contributed by atoms with Crippen molar-refractivity contribution in [1.82, 2.24) is 0 Å². The second-order valence-electron chi connectivity index (χ2n) is 4.60. The van der Waals surface area contributed by atoms with Gasteiger partial charge >= 0.3 is 0 Å². The minimum atomic E-state index is 0.896. The fourth-order valence-electron chi connectivity index (χ4n) is 2.17. The molecule has 1 nitrogen and oxygen atoms in total. The molecule has 0 saturated carbocycles. The van der Waals surface area contributed by atoms with Crippen molar-refractivity contribution < 1.29 is 0 Å². The number of hydrogen-bond acceptors (Lipinski definition) is 3. The SMILES string of the molecule is CCc1ccc(CNc2ccccc2-c2cccs2)s1. The molecule has 102 valence electrons. The van der Waals surface area contributed by atoms with Crippen LogP contribution in [-0.4, -0.2) is 0 Å². The van der Waals surface area contributed by atoms with E-state index in [9.17, 15) is 0 Å². The van der Waals surface area contributed by atoms with Crippen molar-refractivity contribution in [3.63, 3.8) is 0 Å². The zero-order valence-electron chi connectivity index (χ0n) is 11.4.